The molecule has 1 aromatic carbocycles. The molecule has 2 nitrogen and oxygen atoms in total. The lowest BCUT2D eigenvalue weighted by Crippen LogP contribution is -2.19. The van der Waals surface area contributed by atoms with Gasteiger partial charge in [-0.3, -0.25) is 4.98 Å². The largest absolute Gasteiger partial charge is 0.388 e. The summed E-state index contributed by atoms with van der Waals surface area (Å²) in [6.07, 6.45) is 3.15. The van der Waals surface area contributed by atoms with E-state index >= 15 is 0 Å². The van der Waals surface area contributed by atoms with Crippen LogP contribution in [0, 0.1) is 11.6 Å². The Bertz CT molecular complexity index is 630. The van der Waals surface area contributed by atoms with Crippen LogP contribution in [0.5, 0.6) is 0 Å². The molecule has 0 saturated carbocycles. The van der Waals surface area contributed by atoms with Gasteiger partial charge in [-0.25, -0.2) is 8.78 Å². The Morgan fingerprint density at radius 3 is 2.90 bits per heavy atom. The van der Waals surface area contributed by atoms with Gasteiger partial charge in [0, 0.05) is 23.4 Å². The van der Waals surface area contributed by atoms with Gasteiger partial charge in [0.05, 0.1) is 6.10 Å². The van der Waals surface area contributed by atoms with Crippen LogP contribution in [0.4, 0.5) is 8.78 Å². The first-order valence-electron chi connectivity index (χ1n) is 6.74. The van der Waals surface area contributed by atoms with E-state index in [0.29, 0.717) is 0 Å². The predicted molar refractivity (Wildman–Crippen MR) is 71.2 cm³/mol. The minimum atomic E-state index is -1.07. The van der Waals surface area contributed by atoms with Crippen LogP contribution >= 0.6 is 0 Å². The SMILES string of the molecule is OC(c1cccc(F)c1F)C1CCCc2cccnc21. The molecule has 0 radical (unpaired) electrons. The highest BCUT2D eigenvalue weighted by molar-refractivity contribution is 5.31. The molecule has 1 N–H and O–H groups in total. The predicted octanol–water partition coefficient (Wildman–Crippen LogP) is 3.51. The average Bonchev–Trinajstić information content (AvgIpc) is 2.49. The summed E-state index contributed by atoms with van der Waals surface area (Å²) in [5, 5.41) is 10.5. The maximum atomic E-state index is 13.8. The highest BCUT2D eigenvalue weighted by Crippen LogP contribution is 2.39. The van der Waals surface area contributed by atoms with Gasteiger partial charge < -0.3 is 5.11 Å². The Morgan fingerprint density at radius 1 is 1.20 bits per heavy atom. The van der Waals surface area contributed by atoms with Crippen molar-refractivity contribution in [3.63, 3.8) is 0 Å². The fraction of sp³-hybridized carbons (Fsp3) is 0.312. The first-order chi connectivity index (χ1) is 9.68. The molecule has 0 amide bonds. The van der Waals surface area contributed by atoms with Gasteiger partial charge in [-0.1, -0.05) is 18.2 Å². The molecule has 0 saturated heterocycles. The number of benzene rings is 1. The number of hydrogen-bond donors (Lipinski definition) is 1. The molecule has 1 aliphatic carbocycles. The van der Waals surface area contributed by atoms with Gasteiger partial charge in [0.15, 0.2) is 11.6 Å². The first kappa shape index (κ1) is 13.2. The summed E-state index contributed by atoms with van der Waals surface area (Å²) >= 11 is 0. The maximum Gasteiger partial charge on any atom is 0.164 e. The third kappa shape index (κ3) is 2.20. The van der Waals surface area contributed by atoms with E-state index in [-0.39, 0.29) is 11.5 Å². The first-order valence-corrected chi connectivity index (χ1v) is 6.74. The highest BCUT2D eigenvalue weighted by atomic mass is 19.2. The molecule has 1 aliphatic rings. The third-order valence-corrected chi connectivity index (χ3v) is 3.92. The second-order valence-electron chi connectivity index (χ2n) is 5.13. The number of halogens is 2. The third-order valence-electron chi connectivity index (χ3n) is 3.92. The van der Waals surface area contributed by atoms with Gasteiger partial charge in [0.25, 0.3) is 0 Å². The van der Waals surface area contributed by atoms with Gasteiger partial charge in [-0.15, -0.1) is 0 Å². The Balaban J connectivity index is 2.00. The Labute approximate surface area is 116 Å². The van der Waals surface area contributed by atoms with Crippen molar-refractivity contribution in [3.05, 3.63) is 65.0 Å². The Kier molecular flexibility index (Phi) is 3.49. The molecule has 104 valence electrons. The van der Waals surface area contributed by atoms with Gasteiger partial charge in [0.2, 0.25) is 0 Å². The van der Waals surface area contributed by atoms with Crippen molar-refractivity contribution in [1.29, 1.82) is 0 Å². The van der Waals surface area contributed by atoms with Crippen molar-refractivity contribution >= 4 is 0 Å². The molecular formula is C16H15F2NO. The molecule has 1 aromatic heterocycles. The number of fused-ring (bicyclic) bond motifs is 1. The van der Waals surface area contributed by atoms with Crippen molar-refractivity contribution in [2.24, 2.45) is 0 Å². The van der Waals surface area contributed by atoms with Crippen LogP contribution in [0.3, 0.4) is 0 Å². The molecule has 2 aromatic rings. The fourth-order valence-electron chi connectivity index (χ4n) is 2.92. The molecule has 0 spiro atoms. The van der Waals surface area contributed by atoms with E-state index in [4.69, 9.17) is 0 Å². The number of hydrogen-bond acceptors (Lipinski definition) is 2. The van der Waals surface area contributed by atoms with E-state index in [1.807, 2.05) is 12.1 Å². The summed E-state index contributed by atoms with van der Waals surface area (Å²) in [6, 6.07) is 7.73. The van der Waals surface area contributed by atoms with E-state index < -0.39 is 17.7 Å². The standard InChI is InChI=1S/C16H15F2NO/c17-13-8-2-6-11(14(13)18)16(20)12-7-1-4-10-5-3-9-19-15(10)12/h2-3,5-6,8-9,12,16,20H,1,4,7H2. The summed E-state index contributed by atoms with van der Waals surface area (Å²) in [5.74, 6) is -2.18. The normalized spacial score (nSPS) is 19.4. The fourth-order valence-corrected chi connectivity index (χ4v) is 2.92. The Hall–Kier alpha value is -1.81. The average molecular weight is 275 g/mol. The van der Waals surface area contributed by atoms with E-state index in [9.17, 15) is 13.9 Å². The number of aromatic nitrogens is 1. The molecule has 4 heteroatoms. The number of rotatable bonds is 2. The van der Waals surface area contributed by atoms with E-state index in [1.54, 1.807) is 6.20 Å². The van der Waals surface area contributed by atoms with Crippen molar-refractivity contribution in [2.45, 2.75) is 31.3 Å². The number of aliphatic hydroxyl groups excluding tert-OH is 1. The number of aliphatic hydroxyl groups is 1. The molecule has 0 fully saturated rings. The van der Waals surface area contributed by atoms with Crippen LogP contribution in [0.2, 0.25) is 0 Å². The minimum absolute atomic E-state index is 0.00787. The molecule has 20 heavy (non-hydrogen) atoms. The van der Waals surface area contributed by atoms with Crippen LogP contribution in [0.25, 0.3) is 0 Å². The molecule has 2 unspecified atom stereocenters. The van der Waals surface area contributed by atoms with Crippen molar-refractivity contribution < 1.29 is 13.9 Å². The molecule has 0 bridgehead atoms. The lowest BCUT2D eigenvalue weighted by Gasteiger charge is -2.28. The van der Waals surface area contributed by atoms with E-state index in [0.717, 1.165) is 36.6 Å². The summed E-state index contributed by atoms with van der Waals surface area (Å²) in [4.78, 5) is 4.32. The molecular weight excluding hydrogens is 260 g/mol. The maximum absolute atomic E-state index is 13.8. The second-order valence-corrected chi connectivity index (χ2v) is 5.13. The number of nitrogens with zero attached hydrogens (tertiary/aromatic N) is 1. The van der Waals surface area contributed by atoms with E-state index in [2.05, 4.69) is 4.98 Å². The van der Waals surface area contributed by atoms with Crippen LogP contribution in [0.1, 0.15) is 41.7 Å². The van der Waals surface area contributed by atoms with Crippen molar-refractivity contribution in [2.75, 3.05) is 0 Å². The lowest BCUT2D eigenvalue weighted by molar-refractivity contribution is 0.129. The zero-order valence-electron chi connectivity index (χ0n) is 10.9. The summed E-state index contributed by atoms with van der Waals surface area (Å²) in [6.45, 7) is 0. The summed E-state index contributed by atoms with van der Waals surface area (Å²) in [7, 11) is 0. The smallest absolute Gasteiger partial charge is 0.164 e. The topological polar surface area (TPSA) is 33.1 Å². The molecule has 1 heterocycles. The number of pyridine rings is 1. The molecule has 0 aliphatic heterocycles. The lowest BCUT2D eigenvalue weighted by atomic mass is 9.81. The Morgan fingerprint density at radius 2 is 2.05 bits per heavy atom. The van der Waals surface area contributed by atoms with Gasteiger partial charge in [0.1, 0.15) is 0 Å². The van der Waals surface area contributed by atoms with Crippen molar-refractivity contribution in [1.82, 2.24) is 4.98 Å². The molecule has 3 rings (SSSR count). The quantitative estimate of drug-likeness (QED) is 0.909. The van der Waals surface area contributed by atoms with Crippen LogP contribution in [0.15, 0.2) is 36.5 Å². The molecule has 2 atom stereocenters. The van der Waals surface area contributed by atoms with Crippen LogP contribution < -0.4 is 0 Å². The monoisotopic (exact) mass is 275 g/mol. The zero-order chi connectivity index (χ0) is 14.1. The van der Waals surface area contributed by atoms with Gasteiger partial charge >= 0.3 is 0 Å². The number of aryl methyl sites for hydroxylation is 1. The van der Waals surface area contributed by atoms with Crippen LogP contribution in [-0.4, -0.2) is 10.1 Å². The summed E-state index contributed by atoms with van der Waals surface area (Å²) < 4.78 is 27.1. The van der Waals surface area contributed by atoms with Gasteiger partial charge in [-0.05, 0) is 37.0 Å². The van der Waals surface area contributed by atoms with E-state index in [1.165, 1.54) is 12.1 Å². The highest BCUT2D eigenvalue weighted by Gasteiger charge is 2.30. The zero-order valence-corrected chi connectivity index (χ0v) is 10.9. The van der Waals surface area contributed by atoms with Gasteiger partial charge in [-0.2, -0.15) is 0 Å². The minimum Gasteiger partial charge on any atom is -0.388 e. The van der Waals surface area contributed by atoms with Crippen LogP contribution in [-0.2, 0) is 6.42 Å². The van der Waals surface area contributed by atoms with Crippen molar-refractivity contribution in [3.8, 4) is 0 Å². The second kappa shape index (κ2) is 5.29. The summed E-state index contributed by atoms with van der Waals surface area (Å²) in [5.41, 5.74) is 1.89.